The van der Waals surface area contributed by atoms with Crippen LogP contribution in [0.3, 0.4) is 0 Å². The summed E-state index contributed by atoms with van der Waals surface area (Å²) in [6.07, 6.45) is 3.11. The van der Waals surface area contributed by atoms with Gasteiger partial charge in [-0.3, -0.25) is 0 Å². The monoisotopic (exact) mass is 261 g/mol. The molecule has 1 aliphatic carbocycles. The first-order chi connectivity index (χ1) is 8.74. The van der Waals surface area contributed by atoms with Crippen molar-refractivity contribution in [2.75, 3.05) is 5.43 Å². The SMILES string of the molecule is Cc1csc(Cc2nc(NN)cc(C3CC3)n2)n1. The molecule has 1 fully saturated rings. The number of nitrogens with one attached hydrogen (secondary N) is 1. The molecular formula is C12H15N5S. The predicted molar refractivity (Wildman–Crippen MR) is 71.5 cm³/mol. The lowest BCUT2D eigenvalue weighted by Crippen LogP contribution is -2.11. The van der Waals surface area contributed by atoms with Crippen LogP contribution in [0.25, 0.3) is 0 Å². The minimum Gasteiger partial charge on any atom is -0.308 e. The Kier molecular flexibility index (Phi) is 2.97. The van der Waals surface area contributed by atoms with Gasteiger partial charge in [-0.1, -0.05) is 0 Å². The van der Waals surface area contributed by atoms with Gasteiger partial charge in [-0.2, -0.15) is 0 Å². The second-order valence-electron chi connectivity index (χ2n) is 4.57. The molecule has 0 saturated heterocycles. The summed E-state index contributed by atoms with van der Waals surface area (Å²) in [4.78, 5) is 13.4. The van der Waals surface area contributed by atoms with E-state index in [4.69, 9.17) is 5.84 Å². The molecule has 0 radical (unpaired) electrons. The summed E-state index contributed by atoms with van der Waals surface area (Å²) in [7, 11) is 0. The molecule has 2 aromatic rings. The van der Waals surface area contributed by atoms with Crippen LogP contribution < -0.4 is 11.3 Å². The lowest BCUT2D eigenvalue weighted by Gasteiger charge is -2.05. The number of nitrogens with zero attached hydrogens (tertiary/aromatic N) is 3. The molecule has 2 heterocycles. The van der Waals surface area contributed by atoms with Gasteiger partial charge >= 0.3 is 0 Å². The number of nitrogens with two attached hydrogens (primary N) is 1. The highest BCUT2D eigenvalue weighted by Gasteiger charge is 2.26. The quantitative estimate of drug-likeness (QED) is 0.650. The van der Waals surface area contributed by atoms with E-state index in [1.54, 1.807) is 11.3 Å². The Morgan fingerprint density at radius 2 is 2.22 bits per heavy atom. The third-order valence-corrected chi connectivity index (χ3v) is 3.88. The molecule has 18 heavy (non-hydrogen) atoms. The third-order valence-electron chi connectivity index (χ3n) is 2.91. The van der Waals surface area contributed by atoms with Crippen LogP contribution in [-0.4, -0.2) is 15.0 Å². The van der Waals surface area contributed by atoms with Crippen LogP contribution in [0.15, 0.2) is 11.4 Å². The zero-order valence-electron chi connectivity index (χ0n) is 10.2. The molecular weight excluding hydrogens is 246 g/mol. The summed E-state index contributed by atoms with van der Waals surface area (Å²) in [5.74, 6) is 7.53. The number of aromatic nitrogens is 3. The highest BCUT2D eigenvalue weighted by atomic mass is 32.1. The van der Waals surface area contributed by atoms with Crippen molar-refractivity contribution in [1.29, 1.82) is 0 Å². The van der Waals surface area contributed by atoms with Crippen molar-refractivity contribution in [3.8, 4) is 0 Å². The first kappa shape index (κ1) is 11.6. The Balaban J connectivity index is 1.88. The van der Waals surface area contributed by atoms with Gasteiger partial charge in [0, 0.05) is 28.8 Å². The Morgan fingerprint density at radius 3 is 2.83 bits per heavy atom. The van der Waals surface area contributed by atoms with E-state index in [1.165, 1.54) is 12.8 Å². The normalized spacial score (nSPS) is 14.8. The van der Waals surface area contributed by atoms with Crippen molar-refractivity contribution in [3.63, 3.8) is 0 Å². The van der Waals surface area contributed by atoms with E-state index in [0.29, 0.717) is 18.2 Å². The molecule has 0 spiro atoms. The number of anilines is 1. The fourth-order valence-electron chi connectivity index (χ4n) is 1.88. The highest BCUT2D eigenvalue weighted by molar-refractivity contribution is 7.09. The summed E-state index contributed by atoms with van der Waals surface area (Å²) in [6, 6.07) is 1.94. The van der Waals surface area contributed by atoms with E-state index in [1.807, 2.05) is 18.4 Å². The van der Waals surface area contributed by atoms with Crippen molar-refractivity contribution >= 4 is 17.2 Å². The Morgan fingerprint density at radius 1 is 1.39 bits per heavy atom. The van der Waals surface area contributed by atoms with Crippen LogP contribution in [0.2, 0.25) is 0 Å². The van der Waals surface area contributed by atoms with Crippen molar-refractivity contribution in [1.82, 2.24) is 15.0 Å². The molecule has 0 unspecified atom stereocenters. The molecule has 2 aromatic heterocycles. The predicted octanol–water partition coefficient (Wildman–Crippen LogP) is 2.00. The average molecular weight is 261 g/mol. The molecule has 6 heteroatoms. The number of aryl methyl sites for hydroxylation is 1. The molecule has 0 aromatic carbocycles. The maximum Gasteiger partial charge on any atom is 0.143 e. The van der Waals surface area contributed by atoms with Crippen molar-refractivity contribution in [2.24, 2.45) is 5.84 Å². The van der Waals surface area contributed by atoms with Gasteiger partial charge in [0.2, 0.25) is 0 Å². The van der Waals surface area contributed by atoms with Gasteiger partial charge in [0.05, 0.1) is 6.42 Å². The molecule has 3 N–H and O–H groups in total. The molecule has 5 nitrogen and oxygen atoms in total. The van der Waals surface area contributed by atoms with Crippen LogP contribution in [0, 0.1) is 6.92 Å². The molecule has 1 aliphatic rings. The topological polar surface area (TPSA) is 76.7 Å². The number of rotatable bonds is 4. The minimum absolute atomic E-state index is 0.594. The zero-order chi connectivity index (χ0) is 12.5. The standard InChI is InChI=1S/C12H15N5S/c1-7-6-18-12(14-7)5-10-15-9(8-2-3-8)4-11(16-10)17-13/h4,6,8H,2-3,5,13H2,1H3,(H,15,16,17). The molecule has 0 atom stereocenters. The average Bonchev–Trinajstić information content (AvgIpc) is 3.14. The lowest BCUT2D eigenvalue weighted by atomic mass is 10.2. The maximum atomic E-state index is 5.45. The maximum absolute atomic E-state index is 5.45. The first-order valence-corrected chi connectivity index (χ1v) is 6.88. The van der Waals surface area contributed by atoms with E-state index in [2.05, 4.69) is 20.4 Å². The minimum atomic E-state index is 0.594. The molecule has 0 aliphatic heterocycles. The zero-order valence-corrected chi connectivity index (χ0v) is 11.0. The number of hydrogen-bond acceptors (Lipinski definition) is 6. The van der Waals surface area contributed by atoms with Crippen molar-refractivity contribution < 1.29 is 0 Å². The summed E-state index contributed by atoms with van der Waals surface area (Å²) < 4.78 is 0. The lowest BCUT2D eigenvalue weighted by molar-refractivity contribution is 0.892. The van der Waals surface area contributed by atoms with Gasteiger partial charge in [0.1, 0.15) is 16.6 Å². The fraction of sp³-hybridized carbons (Fsp3) is 0.417. The molecule has 0 bridgehead atoms. The number of thiazole rings is 1. The Labute approximate surface area is 109 Å². The van der Waals surface area contributed by atoms with Gasteiger partial charge in [-0.25, -0.2) is 20.8 Å². The van der Waals surface area contributed by atoms with Gasteiger partial charge in [0.25, 0.3) is 0 Å². The van der Waals surface area contributed by atoms with E-state index >= 15 is 0 Å². The van der Waals surface area contributed by atoms with Gasteiger partial charge < -0.3 is 5.43 Å². The second kappa shape index (κ2) is 4.62. The summed E-state index contributed by atoms with van der Waals surface area (Å²) in [5, 5.41) is 3.09. The number of hydrogen-bond donors (Lipinski definition) is 2. The van der Waals surface area contributed by atoms with Crippen LogP contribution in [0.4, 0.5) is 5.82 Å². The van der Waals surface area contributed by atoms with Crippen molar-refractivity contribution in [2.45, 2.75) is 32.1 Å². The number of hydrazine groups is 1. The fourth-order valence-corrected chi connectivity index (χ4v) is 2.65. The highest BCUT2D eigenvalue weighted by Crippen LogP contribution is 2.39. The van der Waals surface area contributed by atoms with Gasteiger partial charge in [-0.15, -0.1) is 11.3 Å². The van der Waals surface area contributed by atoms with Crippen LogP contribution >= 0.6 is 11.3 Å². The van der Waals surface area contributed by atoms with Crippen LogP contribution in [-0.2, 0) is 6.42 Å². The van der Waals surface area contributed by atoms with E-state index in [9.17, 15) is 0 Å². The van der Waals surface area contributed by atoms with E-state index in [-0.39, 0.29) is 0 Å². The summed E-state index contributed by atoms with van der Waals surface area (Å²) in [6.45, 7) is 1.99. The van der Waals surface area contributed by atoms with Crippen molar-refractivity contribution in [3.05, 3.63) is 33.7 Å². The largest absolute Gasteiger partial charge is 0.308 e. The second-order valence-corrected chi connectivity index (χ2v) is 5.51. The molecule has 0 amide bonds. The molecule has 94 valence electrons. The summed E-state index contributed by atoms with van der Waals surface area (Å²) in [5.41, 5.74) is 4.76. The Bertz CT molecular complexity index is 561. The van der Waals surface area contributed by atoms with Gasteiger partial charge in [-0.05, 0) is 19.8 Å². The van der Waals surface area contributed by atoms with Crippen LogP contribution in [0.1, 0.15) is 41.0 Å². The van der Waals surface area contributed by atoms with E-state index < -0.39 is 0 Å². The van der Waals surface area contributed by atoms with E-state index in [0.717, 1.165) is 22.2 Å². The Hall–Kier alpha value is -1.53. The molecule has 3 rings (SSSR count). The number of nitrogen functional groups attached to an aromatic ring is 1. The first-order valence-electron chi connectivity index (χ1n) is 6.00. The van der Waals surface area contributed by atoms with Gasteiger partial charge in [0.15, 0.2) is 0 Å². The molecule has 1 saturated carbocycles. The third kappa shape index (κ3) is 2.49. The smallest absolute Gasteiger partial charge is 0.143 e. The van der Waals surface area contributed by atoms with Crippen LogP contribution in [0.5, 0.6) is 0 Å². The summed E-state index contributed by atoms with van der Waals surface area (Å²) >= 11 is 1.64.